The molecule has 2 aromatic rings. The Bertz CT molecular complexity index is 833. The number of amides is 2. The molecule has 0 aliphatic rings. The predicted octanol–water partition coefficient (Wildman–Crippen LogP) is 4.13. The van der Waals surface area contributed by atoms with E-state index in [4.69, 9.17) is 14.2 Å². The predicted molar refractivity (Wildman–Crippen MR) is 115 cm³/mol. The Morgan fingerprint density at radius 3 is 2.27 bits per heavy atom. The molecule has 30 heavy (non-hydrogen) atoms. The number of ether oxygens (including phenoxy) is 3. The maximum absolute atomic E-state index is 13.0. The van der Waals surface area contributed by atoms with Crippen molar-refractivity contribution in [3.05, 3.63) is 60.2 Å². The minimum absolute atomic E-state index is 0.302. The van der Waals surface area contributed by atoms with Gasteiger partial charge in [0.1, 0.15) is 17.4 Å². The average Bonchev–Trinajstić information content (AvgIpc) is 2.70. The Morgan fingerprint density at radius 1 is 1.00 bits per heavy atom. The molecule has 2 N–H and O–H groups in total. The molecule has 2 amide bonds. The van der Waals surface area contributed by atoms with E-state index in [1.54, 1.807) is 52.0 Å². The molecule has 0 saturated heterocycles. The van der Waals surface area contributed by atoms with Gasteiger partial charge in [-0.1, -0.05) is 42.5 Å². The van der Waals surface area contributed by atoms with Gasteiger partial charge >= 0.3 is 6.09 Å². The molecule has 162 valence electrons. The van der Waals surface area contributed by atoms with Gasteiger partial charge in [-0.3, -0.25) is 4.79 Å². The van der Waals surface area contributed by atoms with E-state index < -0.39 is 29.7 Å². The number of benzene rings is 2. The van der Waals surface area contributed by atoms with Crippen molar-refractivity contribution in [3.63, 3.8) is 0 Å². The summed E-state index contributed by atoms with van der Waals surface area (Å²) in [5.74, 6) is 0.0747. The fourth-order valence-corrected chi connectivity index (χ4v) is 2.69. The van der Waals surface area contributed by atoms with E-state index in [0.717, 1.165) is 5.56 Å². The van der Waals surface area contributed by atoms with Gasteiger partial charge in [-0.15, -0.1) is 0 Å². The van der Waals surface area contributed by atoms with Crippen LogP contribution in [0, 0.1) is 0 Å². The van der Waals surface area contributed by atoms with Crippen molar-refractivity contribution >= 4 is 17.7 Å². The third-order valence-corrected chi connectivity index (χ3v) is 4.14. The lowest BCUT2D eigenvalue weighted by Gasteiger charge is -2.27. The summed E-state index contributed by atoms with van der Waals surface area (Å²) in [6, 6.07) is 15.7. The summed E-state index contributed by atoms with van der Waals surface area (Å²) < 4.78 is 16.5. The minimum atomic E-state index is -0.978. The molecule has 0 fully saturated rings. The van der Waals surface area contributed by atoms with Crippen molar-refractivity contribution in [2.75, 3.05) is 12.4 Å². The molecule has 7 heteroatoms. The van der Waals surface area contributed by atoms with Crippen molar-refractivity contribution in [1.29, 1.82) is 0 Å². The smallest absolute Gasteiger partial charge is 0.408 e. The van der Waals surface area contributed by atoms with Crippen LogP contribution in [-0.4, -0.2) is 36.9 Å². The number of methoxy groups -OCH3 is 1. The Labute approximate surface area is 177 Å². The zero-order valence-corrected chi connectivity index (χ0v) is 18.1. The van der Waals surface area contributed by atoms with Gasteiger partial charge in [-0.05, 0) is 45.4 Å². The Morgan fingerprint density at radius 2 is 1.63 bits per heavy atom. The first-order valence-corrected chi connectivity index (χ1v) is 9.78. The van der Waals surface area contributed by atoms with Crippen LogP contribution in [-0.2, 0) is 20.9 Å². The summed E-state index contributed by atoms with van der Waals surface area (Å²) in [7, 11) is 1.52. The van der Waals surface area contributed by atoms with E-state index in [9.17, 15) is 9.59 Å². The highest BCUT2D eigenvalue weighted by molar-refractivity contribution is 5.98. The zero-order chi connectivity index (χ0) is 22.1. The van der Waals surface area contributed by atoms with E-state index in [-0.39, 0.29) is 0 Å². The van der Waals surface area contributed by atoms with E-state index in [2.05, 4.69) is 10.6 Å². The molecule has 0 aliphatic carbocycles. The number of rotatable bonds is 8. The zero-order valence-electron chi connectivity index (χ0n) is 18.1. The molecule has 2 aromatic carbocycles. The molecule has 0 saturated carbocycles. The quantitative estimate of drug-likeness (QED) is 0.678. The fraction of sp³-hybridized carbons (Fsp3) is 0.391. The van der Waals surface area contributed by atoms with E-state index >= 15 is 0 Å². The van der Waals surface area contributed by atoms with Crippen LogP contribution in [0.15, 0.2) is 54.6 Å². The number of alkyl carbamates (subject to hydrolysis) is 1. The lowest BCUT2D eigenvalue weighted by atomic mass is 10.1. The number of para-hydroxylation sites is 2. The number of hydrogen-bond donors (Lipinski definition) is 2. The van der Waals surface area contributed by atoms with Crippen molar-refractivity contribution < 1.29 is 23.8 Å². The lowest BCUT2D eigenvalue weighted by molar-refractivity contribution is -0.122. The molecule has 0 aliphatic heterocycles. The van der Waals surface area contributed by atoms with Crippen molar-refractivity contribution in [3.8, 4) is 5.75 Å². The van der Waals surface area contributed by atoms with Gasteiger partial charge in [-0.25, -0.2) is 4.79 Å². The fourth-order valence-electron chi connectivity index (χ4n) is 2.69. The van der Waals surface area contributed by atoms with Crippen LogP contribution >= 0.6 is 0 Å². The molecule has 2 rings (SSSR count). The first-order chi connectivity index (χ1) is 14.2. The van der Waals surface area contributed by atoms with Crippen LogP contribution in [0.1, 0.15) is 33.3 Å². The standard InChI is InChI=1S/C23H30N2O5/c1-16(29-15-17-11-7-6-8-12-17)20(25-22(27)30-23(2,3)4)21(26)24-18-13-9-10-14-19(18)28-5/h6-14,16,20H,15H2,1-5H3,(H,24,26)(H,25,27)/t16-,20+/m1/s1. The topological polar surface area (TPSA) is 85.9 Å². The van der Waals surface area contributed by atoms with Gasteiger partial charge in [0.15, 0.2) is 0 Å². The molecule has 7 nitrogen and oxygen atoms in total. The summed E-state index contributed by atoms with van der Waals surface area (Å²) >= 11 is 0. The lowest BCUT2D eigenvalue weighted by Crippen LogP contribution is -2.52. The molecule has 0 unspecified atom stereocenters. The van der Waals surface area contributed by atoms with Gasteiger partial charge in [0.05, 0.1) is 25.5 Å². The third-order valence-electron chi connectivity index (χ3n) is 4.14. The minimum Gasteiger partial charge on any atom is -0.495 e. The second kappa shape index (κ2) is 10.6. The van der Waals surface area contributed by atoms with Gasteiger partial charge < -0.3 is 24.8 Å². The highest BCUT2D eigenvalue weighted by Crippen LogP contribution is 2.23. The van der Waals surface area contributed by atoms with E-state index in [1.165, 1.54) is 7.11 Å². The number of anilines is 1. The summed E-state index contributed by atoms with van der Waals surface area (Å²) in [5, 5.41) is 5.42. The maximum atomic E-state index is 13.0. The second-order valence-corrected chi connectivity index (χ2v) is 7.82. The SMILES string of the molecule is COc1ccccc1NC(=O)[C@@H](NC(=O)OC(C)(C)C)[C@@H](C)OCc1ccccc1. The Balaban J connectivity index is 2.14. The van der Waals surface area contributed by atoms with Crippen LogP contribution in [0.2, 0.25) is 0 Å². The van der Waals surface area contributed by atoms with Crippen molar-refractivity contribution in [2.45, 2.75) is 52.0 Å². The summed E-state index contributed by atoms with van der Waals surface area (Å²) in [5.41, 5.74) is 0.767. The summed E-state index contributed by atoms with van der Waals surface area (Å²) in [6.45, 7) is 7.30. The molecular formula is C23H30N2O5. The average molecular weight is 415 g/mol. The van der Waals surface area contributed by atoms with Crippen LogP contribution < -0.4 is 15.4 Å². The monoisotopic (exact) mass is 414 g/mol. The summed E-state index contributed by atoms with van der Waals surface area (Å²) in [6.07, 6.45) is -1.31. The van der Waals surface area contributed by atoms with Crippen LogP contribution in [0.25, 0.3) is 0 Å². The first kappa shape index (κ1) is 23.2. The molecular weight excluding hydrogens is 384 g/mol. The first-order valence-electron chi connectivity index (χ1n) is 9.78. The molecule has 2 atom stereocenters. The second-order valence-electron chi connectivity index (χ2n) is 7.82. The third kappa shape index (κ3) is 7.40. The Hall–Kier alpha value is -3.06. The van der Waals surface area contributed by atoms with Crippen LogP contribution in [0.4, 0.5) is 10.5 Å². The van der Waals surface area contributed by atoms with Crippen LogP contribution in [0.3, 0.4) is 0 Å². The molecule has 0 aromatic heterocycles. The number of carbonyl (C=O) groups excluding carboxylic acids is 2. The largest absolute Gasteiger partial charge is 0.495 e. The highest BCUT2D eigenvalue weighted by atomic mass is 16.6. The number of carbonyl (C=O) groups is 2. The van der Waals surface area contributed by atoms with Crippen molar-refractivity contribution in [1.82, 2.24) is 5.32 Å². The molecule has 0 radical (unpaired) electrons. The maximum Gasteiger partial charge on any atom is 0.408 e. The highest BCUT2D eigenvalue weighted by Gasteiger charge is 2.30. The number of hydrogen-bond acceptors (Lipinski definition) is 5. The van der Waals surface area contributed by atoms with Gasteiger partial charge in [0.25, 0.3) is 0 Å². The van der Waals surface area contributed by atoms with Crippen LogP contribution in [0.5, 0.6) is 5.75 Å². The number of nitrogens with one attached hydrogen (secondary N) is 2. The van der Waals surface area contributed by atoms with Gasteiger partial charge in [0.2, 0.25) is 5.91 Å². The van der Waals surface area contributed by atoms with Gasteiger partial charge in [0, 0.05) is 0 Å². The Kier molecular flexibility index (Phi) is 8.24. The molecule has 0 heterocycles. The van der Waals surface area contributed by atoms with E-state index in [1.807, 2.05) is 30.3 Å². The summed E-state index contributed by atoms with van der Waals surface area (Å²) in [4.78, 5) is 25.4. The molecule has 0 bridgehead atoms. The molecule has 0 spiro atoms. The normalized spacial score (nSPS) is 13.1. The van der Waals surface area contributed by atoms with Crippen molar-refractivity contribution in [2.24, 2.45) is 0 Å². The van der Waals surface area contributed by atoms with E-state index in [0.29, 0.717) is 18.0 Å². The van der Waals surface area contributed by atoms with Gasteiger partial charge in [-0.2, -0.15) is 0 Å².